The molecule has 0 radical (unpaired) electrons. The molecule has 3 amide bonds. The van der Waals surface area contributed by atoms with Gasteiger partial charge in [-0.05, 0) is 95.2 Å². The number of ether oxygens (including phenoxy) is 5. The highest BCUT2D eigenvalue weighted by molar-refractivity contribution is 6.16. The van der Waals surface area contributed by atoms with Crippen molar-refractivity contribution in [3.05, 3.63) is 95.1 Å². The third-order valence-corrected chi connectivity index (χ3v) is 11.4. The monoisotopic (exact) mass is 774 g/mol. The molecule has 0 bridgehead atoms. The number of carbonyl (C=O) groups excluding carboxylic acids is 3. The fourth-order valence-electron chi connectivity index (χ4n) is 8.68. The van der Waals surface area contributed by atoms with Crippen LogP contribution < -0.4 is 39.4 Å². The van der Waals surface area contributed by atoms with Crippen molar-refractivity contribution in [2.45, 2.75) is 89.4 Å². The van der Waals surface area contributed by atoms with E-state index in [1.807, 2.05) is 81.1 Å². The molecule has 3 atom stereocenters. The number of nitrogens with two attached hydrogens (primary N) is 1. The Morgan fingerprint density at radius 2 is 1.42 bits per heavy atom. The number of rotatable bonds is 11. The van der Waals surface area contributed by atoms with Crippen molar-refractivity contribution < 1.29 is 38.1 Å². The van der Waals surface area contributed by atoms with Crippen LogP contribution in [0.3, 0.4) is 0 Å². The van der Waals surface area contributed by atoms with Crippen LogP contribution in [-0.2, 0) is 17.6 Å². The summed E-state index contributed by atoms with van der Waals surface area (Å²) in [7, 11) is 3.08. The Morgan fingerprint density at radius 3 is 2.11 bits per heavy atom. The van der Waals surface area contributed by atoms with Gasteiger partial charge in [-0.25, -0.2) is 4.79 Å². The van der Waals surface area contributed by atoms with Gasteiger partial charge in [-0.3, -0.25) is 19.4 Å². The summed E-state index contributed by atoms with van der Waals surface area (Å²) in [4.78, 5) is 47.4. The molecular weight excluding hydrogens is 725 g/mol. The number of fused-ring (bicyclic) bond motifs is 4. The molecule has 1 fully saturated rings. The molecule has 0 unspecified atom stereocenters. The molecule has 0 aromatic heterocycles. The Balaban J connectivity index is 0.924. The minimum atomic E-state index is -0.733. The SMILES string of the molecule is COc1cc(C(=O)N2c3ccccc3C[C@H]2C)c(N)cc1OCCCCCOc1cc2c(cc1OC)C(=O)N1c3ccccc3C[C@@]13C[C@H]3N2C(=O)OC(C)(C)C. The van der Waals surface area contributed by atoms with Crippen LogP contribution in [0.4, 0.5) is 27.5 Å². The number of nitrogens with zero attached hydrogens (tertiary/aromatic N) is 3. The van der Waals surface area contributed by atoms with Crippen LogP contribution in [0.2, 0.25) is 0 Å². The molecule has 3 heterocycles. The molecular formula is C45H50N4O8. The lowest BCUT2D eigenvalue weighted by atomic mass is 10.1. The summed E-state index contributed by atoms with van der Waals surface area (Å²) in [5, 5.41) is 0. The topological polar surface area (TPSA) is 133 Å². The van der Waals surface area contributed by atoms with Gasteiger partial charge in [0.05, 0.1) is 55.8 Å². The zero-order chi connectivity index (χ0) is 40.2. The first-order chi connectivity index (χ1) is 27.3. The molecule has 4 aliphatic rings. The number of anilines is 4. The Labute approximate surface area is 333 Å². The van der Waals surface area contributed by atoms with E-state index in [-0.39, 0.29) is 23.9 Å². The van der Waals surface area contributed by atoms with Crippen LogP contribution >= 0.6 is 0 Å². The van der Waals surface area contributed by atoms with Crippen molar-refractivity contribution in [1.82, 2.24) is 0 Å². The van der Waals surface area contributed by atoms with Crippen LogP contribution in [0.1, 0.15) is 85.2 Å². The van der Waals surface area contributed by atoms with Gasteiger partial charge < -0.3 is 34.3 Å². The first-order valence-electron chi connectivity index (χ1n) is 19.7. The maximum absolute atomic E-state index is 14.4. The molecule has 8 rings (SSSR count). The average Bonchev–Trinajstić information content (AvgIpc) is 3.62. The number of benzene rings is 4. The van der Waals surface area contributed by atoms with Crippen LogP contribution in [0.5, 0.6) is 23.0 Å². The summed E-state index contributed by atoms with van der Waals surface area (Å²) in [6.45, 7) is 8.31. The van der Waals surface area contributed by atoms with Gasteiger partial charge in [0.2, 0.25) is 0 Å². The van der Waals surface area contributed by atoms with E-state index in [9.17, 15) is 14.4 Å². The van der Waals surface area contributed by atoms with E-state index in [4.69, 9.17) is 29.4 Å². The van der Waals surface area contributed by atoms with E-state index in [0.717, 1.165) is 41.8 Å². The van der Waals surface area contributed by atoms with Crippen LogP contribution in [0.15, 0.2) is 72.8 Å². The quantitative estimate of drug-likeness (QED) is 0.119. The molecule has 298 valence electrons. The van der Waals surface area contributed by atoms with Crippen molar-refractivity contribution in [1.29, 1.82) is 0 Å². The number of para-hydroxylation sites is 2. The number of hydrogen-bond donors (Lipinski definition) is 1. The maximum atomic E-state index is 14.4. The van der Waals surface area contributed by atoms with E-state index in [0.29, 0.717) is 78.0 Å². The summed E-state index contributed by atoms with van der Waals surface area (Å²) < 4.78 is 29.7. The molecule has 4 aromatic carbocycles. The number of methoxy groups -OCH3 is 2. The maximum Gasteiger partial charge on any atom is 0.415 e. The molecule has 4 aromatic rings. The van der Waals surface area contributed by atoms with Gasteiger partial charge in [-0.1, -0.05) is 36.4 Å². The standard InChI is InChI=1S/C45H50N4O8/c1-27-20-28-14-8-10-16-33(28)47(27)41(50)30-21-36(53-5)38(23-32(30)46)55-18-12-7-13-19-56-39-24-35-31(22-37(39)54-6)42(51)49-34-17-11-9-15-29(34)25-45(49)26-40(45)48(35)43(52)57-44(2,3)4/h8-11,14-17,21-24,27,40H,7,12-13,18-20,25-26,46H2,1-6H3/t27-,40-,45+/m1/s1. The molecule has 57 heavy (non-hydrogen) atoms. The van der Waals surface area contributed by atoms with Gasteiger partial charge >= 0.3 is 6.09 Å². The fraction of sp³-hybridized carbons (Fsp3) is 0.400. The van der Waals surface area contributed by atoms with E-state index in [2.05, 4.69) is 0 Å². The lowest BCUT2D eigenvalue weighted by Gasteiger charge is -2.29. The second-order valence-corrected chi connectivity index (χ2v) is 16.3. The average molecular weight is 775 g/mol. The largest absolute Gasteiger partial charge is 0.493 e. The Hall–Kier alpha value is -5.91. The van der Waals surface area contributed by atoms with Crippen molar-refractivity contribution in [2.24, 2.45) is 0 Å². The predicted molar refractivity (Wildman–Crippen MR) is 218 cm³/mol. The molecule has 1 spiro atoms. The van der Waals surface area contributed by atoms with E-state index < -0.39 is 17.2 Å². The minimum absolute atomic E-state index is 0.0103. The van der Waals surface area contributed by atoms with E-state index in [1.54, 1.807) is 41.2 Å². The van der Waals surface area contributed by atoms with Gasteiger partial charge in [0.25, 0.3) is 11.8 Å². The Morgan fingerprint density at radius 1 is 0.789 bits per heavy atom. The zero-order valence-electron chi connectivity index (χ0n) is 33.4. The van der Waals surface area contributed by atoms with Gasteiger partial charge in [-0.2, -0.15) is 0 Å². The third-order valence-electron chi connectivity index (χ3n) is 11.4. The normalized spacial score (nSPS) is 20.1. The first kappa shape index (κ1) is 38.0. The number of amides is 3. The number of unbranched alkanes of at least 4 members (excludes halogenated alkanes) is 2. The Kier molecular flexibility index (Phi) is 9.70. The summed E-state index contributed by atoms with van der Waals surface area (Å²) in [6, 6.07) is 22.4. The fourth-order valence-corrected chi connectivity index (χ4v) is 8.68. The summed E-state index contributed by atoms with van der Waals surface area (Å²) in [5.41, 5.74) is 10.7. The number of hydrogen-bond acceptors (Lipinski definition) is 9. The van der Waals surface area contributed by atoms with Gasteiger partial charge in [0.1, 0.15) is 5.60 Å². The van der Waals surface area contributed by atoms with Crippen LogP contribution in [0.25, 0.3) is 0 Å². The molecule has 0 saturated heterocycles. The highest BCUT2D eigenvalue weighted by Gasteiger charge is 2.69. The first-order valence-corrected chi connectivity index (χ1v) is 19.7. The van der Waals surface area contributed by atoms with Crippen molar-refractivity contribution in [2.75, 3.05) is 47.9 Å². The Bertz CT molecular complexity index is 2250. The summed E-state index contributed by atoms with van der Waals surface area (Å²) >= 11 is 0. The minimum Gasteiger partial charge on any atom is -0.493 e. The lowest BCUT2D eigenvalue weighted by Crippen LogP contribution is -2.45. The van der Waals surface area contributed by atoms with Crippen molar-refractivity contribution in [3.63, 3.8) is 0 Å². The number of nitrogen functional groups attached to an aromatic ring is 1. The molecule has 3 aliphatic heterocycles. The second kappa shape index (κ2) is 14.5. The molecule has 1 saturated carbocycles. The van der Waals surface area contributed by atoms with Crippen LogP contribution in [-0.4, -0.2) is 68.6 Å². The second-order valence-electron chi connectivity index (χ2n) is 16.3. The molecule has 12 heteroatoms. The molecule has 1 aliphatic carbocycles. The molecule has 12 nitrogen and oxygen atoms in total. The summed E-state index contributed by atoms with van der Waals surface area (Å²) in [6.07, 6.45) is 3.80. The smallest absolute Gasteiger partial charge is 0.415 e. The third kappa shape index (κ3) is 6.74. The lowest BCUT2D eigenvalue weighted by molar-refractivity contribution is 0.0575. The molecule has 2 N–H and O–H groups in total. The van der Waals surface area contributed by atoms with Gasteiger partial charge in [0.15, 0.2) is 23.0 Å². The van der Waals surface area contributed by atoms with Crippen molar-refractivity contribution in [3.8, 4) is 23.0 Å². The predicted octanol–water partition coefficient (Wildman–Crippen LogP) is 7.97. The zero-order valence-corrected chi connectivity index (χ0v) is 33.4. The van der Waals surface area contributed by atoms with Crippen LogP contribution in [0, 0.1) is 0 Å². The highest BCUT2D eigenvalue weighted by Crippen LogP contribution is 2.59. The van der Waals surface area contributed by atoms with Gasteiger partial charge in [-0.15, -0.1) is 0 Å². The number of carbonyl (C=O) groups is 3. The van der Waals surface area contributed by atoms with E-state index in [1.165, 1.54) is 7.11 Å². The highest BCUT2D eigenvalue weighted by atomic mass is 16.6. The summed E-state index contributed by atoms with van der Waals surface area (Å²) in [5.74, 6) is 1.40. The van der Waals surface area contributed by atoms with Gasteiger partial charge in [0, 0.05) is 41.7 Å². The van der Waals surface area contributed by atoms with Crippen molar-refractivity contribution >= 4 is 40.7 Å². The van der Waals surface area contributed by atoms with E-state index >= 15 is 0 Å².